The normalized spacial score (nSPS) is 22.6. The fourth-order valence-electron chi connectivity index (χ4n) is 2.09. The molecule has 2 N–H and O–H groups in total. The van der Waals surface area contributed by atoms with E-state index in [1.165, 1.54) is 6.07 Å². The highest BCUT2D eigenvalue weighted by Gasteiger charge is 2.41. The van der Waals surface area contributed by atoms with Gasteiger partial charge in [0, 0.05) is 5.56 Å². The Morgan fingerprint density at radius 1 is 1.41 bits per heavy atom. The van der Waals surface area contributed by atoms with Crippen LogP contribution in [0.4, 0.5) is 8.78 Å². The zero-order valence-corrected chi connectivity index (χ0v) is 9.88. The van der Waals surface area contributed by atoms with Crippen molar-refractivity contribution in [2.45, 2.75) is 25.7 Å². The fraction of sp³-hybridized carbons (Fsp3) is 0.538. The first-order chi connectivity index (χ1) is 8.19. The van der Waals surface area contributed by atoms with Crippen molar-refractivity contribution in [3.63, 3.8) is 0 Å². The summed E-state index contributed by atoms with van der Waals surface area (Å²) in [7, 11) is 0. The molecule has 0 spiro atoms. The molecule has 1 aliphatic carbocycles. The van der Waals surface area contributed by atoms with Gasteiger partial charge in [-0.1, -0.05) is 6.92 Å². The van der Waals surface area contributed by atoms with E-state index in [0.717, 1.165) is 18.9 Å². The molecule has 17 heavy (non-hydrogen) atoms. The van der Waals surface area contributed by atoms with Gasteiger partial charge in [0.1, 0.15) is 5.75 Å². The Bertz CT molecular complexity index is 409. The standard InChI is InChI=1S/C13H17F2NO/c1-2-5-17-11-4-3-10(14)13(15)12(11)9-6-8(9)7-16/h3-4,8-9H,2,5-7,16H2,1H3. The van der Waals surface area contributed by atoms with Gasteiger partial charge in [0.15, 0.2) is 11.6 Å². The zero-order chi connectivity index (χ0) is 12.4. The fourth-order valence-corrected chi connectivity index (χ4v) is 2.09. The summed E-state index contributed by atoms with van der Waals surface area (Å²) in [5, 5.41) is 0. The summed E-state index contributed by atoms with van der Waals surface area (Å²) in [4.78, 5) is 0. The second-order valence-corrected chi connectivity index (χ2v) is 4.46. The van der Waals surface area contributed by atoms with E-state index < -0.39 is 11.6 Å². The quantitative estimate of drug-likeness (QED) is 0.860. The largest absolute Gasteiger partial charge is 0.493 e. The van der Waals surface area contributed by atoms with Crippen molar-refractivity contribution in [3.8, 4) is 5.75 Å². The second kappa shape index (κ2) is 5.00. The Morgan fingerprint density at radius 2 is 2.18 bits per heavy atom. The molecular formula is C13H17F2NO. The number of benzene rings is 1. The molecule has 2 rings (SSSR count). The highest BCUT2D eigenvalue weighted by Crippen LogP contribution is 2.51. The summed E-state index contributed by atoms with van der Waals surface area (Å²) in [5.41, 5.74) is 5.91. The van der Waals surface area contributed by atoms with E-state index in [-0.39, 0.29) is 11.8 Å². The molecule has 1 aromatic rings. The molecule has 0 saturated heterocycles. The maximum atomic E-state index is 13.8. The van der Waals surface area contributed by atoms with Gasteiger partial charge in [-0.3, -0.25) is 0 Å². The minimum absolute atomic E-state index is 0.0163. The van der Waals surface area contributed by atoms with Crippen LogP contribution >= 0.6 is 0 Å². The molecule has 1 fully saturated rings. The number of hydrogen-bond donors (Lipinski definition) is 1. The highest BCUT2D eigenvalue weighted by molar-refractivity contribution is 5.41. The van der Waals surface area contributed by atoms with E-state index in [1.54, 1.807) is 0 Å². The van der Waals surface area contributed by atoms with Crippen LogP contribution in [0.1, 0.15) is 31.2 Å². The van der Waals surface area contributed by atoms with Crippen molar-refractivity contribution < 1.29 is 13.5 Å². The molecule has 0 radical (unpaired) electrons. The molecule has 1 aromatic carbocycles. The van der Waals surface area contributed by atoms with Crippen molar-refractivity contribution in [1.82, 2.24) is 0 Å². The molecule has 2 unspecified atom stereocenters. The molecule has 0 aliphatic heterocycles. The van der Waals surface area contributed by atoms with Gasteiger partial charge in [0.05, 0.1) is 6.61 Å². The lowest BCUT2D eigenvalue weighted by Gasteiger charge is -2.12. The lowest BCUT2D eigenvalue weighted by molar-refractivity contribution is 0.309. The molecule has 1 aliphatic rings. The van der Waals surface area contributed by atoms with Gasteiger partial charge in [-0.05, 0) is 43.4 Å². The third-order valence-electron chi connectivity index (χ3n) is 3.15. The predicted molar refractivity (Wildman–Crippen MR) is 62.0 cm³/mol. The lowest BCUT2D eigenvalue weighted by Crippen LogP contribution is -2.06. The van der Waals surface area contributed by atoms with Gasteiger partial charge in [-0.25, -0.2) is 8.78 Å². The maximum absolute atomic E-state index is 13.8. The maximum Gasteiger partial charge on any atom is 0.165 e. The molecule has 0 bridgehead atoms. The molecule has 0 heterocycles. The topological polar surface area (TPSA) is 35.2 Å². The Balaban J connectivity index is 2.29. The van der Waals surface area contributed by atoms with E-state index in [0.29, 0.717) is 24.5 Å². The molecule has 2 nitrogen and oxygen atoms in total. The summed E-state index contributed by atoms with van der Waals surface area (Å²) in [5.74, 6) is -0.851. The van der Waals surface area contributed by atoms with Crippen molar-refractivity contribution >= 4 is 0 Å². The van der Waals surface area contributed by atoms with Crippen LogP contribution in [0.25, 0.3) is 0 Å². The van der Waals surface area contributed by atoms with Gasteiger partial charge >= 0.3 is 0 Å². The van der Waals surface area contributed by atoms with Crippen LogP contribution in [0.5, 0.6) is 5.75 Å². The van der Waals surface area contributed by atoms with Crippen LogP contribution in [-0.4, -0.2) is 13.2 Å². The van der Waals surface area contributed by atoms with E-state index in [4.69, 9.17) is 10.5 Å². The van der Waals surface area contributed by atoms with Crippen molar-refractivity contribution in [2.24, 2.45) is 11.7 Å². The minimum Gasteiger partial charge on any atom is -0.493 e. The number of halogens is 2. The third-order valence-corrected chi connectivity index (χ3v) is 3.15. The molecular weight excluding hydrogens is 224 g/mol. The van der Waals surface area contributed by atoms with E-state index in [9.17, 15) is 8.78 Å². The van der Waals surface area contributed by atoms with Crippen LogP contribution in [0.3, 0.4) is 0 Å². The Labute approximate surface area is 99.8 Å². The average molecular weight is 241 g/mol. The highest BCUT2D eigenvalue weighted by atomic mass is 19.2. The third kappa shape index (κ3) is 2.41. The monoisotopic (exact) mass is 241 g/mol. The Hall–Kier alpha value is -1.16. The summed E-state index contributed by atoms with van der Waals surface area (Å²) >= 11 is 0. The second-order valence-electron chi connectivity index (χ2n) is 4.46. The van der Waals surface area contributed by atoms with Gasteiger partial charge in [0.2, 0.25) is 0 Å². The smallest absolute Gasteiger partial charge is 0.165 e. The van der Waals surface area contributed by atoms with Crippen LogP contribution in [-0.2, 0) is 0 Å². The molecule has 4 heteroatoms. The number of nitrogens with two attached hydrogens (primary N) is 1. The van der Waals surface area contributed by atoms with E-state index in [1.807, 2.05) is 6.92 Å². The Kier molecular flexibility index (Phi) is 3.62. The summed E-state index contributed by atoms with van der Waals surface area (Å²) in [6, 6.07) is 2.62. The number of hydrogen-bond acceptors (Lipinski definition) is 2. The number of rotatable bonds is 5. The van der Waals surface area contributed by atoms with Crippen molar-refractivity contribution in [3.05, 3.63) is 29.3 Å². The van der Waals surface area contributed by atoms with Crippen molar-refractivity contribution in [1.29, 1.82) is 0 Å². The molecule has 94 valence electrons. The summed E-state index contributed by atoms with van der Waals surface area (Å²) in [6.45, 7) is 2.99. The van der Waals surface area contributed by atoms with Gasteiger partial charge in [0.25, 0.3) is 0 Å². The van der Waals surface area contributed by atoms with E-state index >= 15 is 0 Å². The first-order valence-electron chi connectivity index (χ1n) is 5.99. The van der Waals surface area contributed by atoms with Crippen LogP contribution < -0.4 is 10.5 Å². The summed E-state index contributed by atoms with van der Waals surface area (Å²) < 4.78 is 32.5. The average Bonchev–Trinajstić information content (AvgIpc) is 3.09. The van der Waals surface area contributed by atoms with Gasteiger partial charge in [-0.15, -0.1) is 0 Å². The van der Waals surface area contributed by atoms with Gasteiger partial charge < -0.3 is 10.5 Å². The number of ether oxygens (including phenoxy) is 1. The van der Waals surface area contributed by atoms with Crippen LogP contribution in [0.2, 0.25) is 0 Å². The van der Waals surface area contributed by atoms with E-state index in [2.05, 4.69) is 0 Å². The molecule has 0 amide bonds. The van der Waals surface area contributed by atoms with Crippen LogP contribution in [0.15, 0.2) is 12.1 Å². The SMILES string of the molecule is CCCOc1ccc(F)c(F)c1C1CC1CN. The lowest BCUT2D eigenvalue weighted by atomic mass is 10.1. The Morgan fingerprint density at radius 3 is 2.76 bits per heavy atom. The predicted octanol–water partition coefficient (Wildman–Crippen LogP) is 2.82. The molecule has 1 saturated carbocycles. The van der Waals surface area contributed by atoms with Crippen LogP contribution in [0, 0.1) is 17.6 Å². The molecule has 0 aromatic heterocycles. The first-order valence-corrected chi connectivity index (χ1v) is 5.99. The van der Waals surface area contributed by atoms with Gasteiger partial charge in [-0.2, -0.15) is 0 Å². The van der Waals surface area contributed by atoms with Crippen molar-refractivity contribution in [2.75, 3.05) is 13.2 Å². The summed E-state index contributed by atoms with van der Waals surface area (Å²) in [6.07, 6.45) is 1.66. The molecule has 2 atom stereocenters. The zero-order valence-electron chi connectivity index (χ0n) is 9.88. The minimum atomic E-state index is -0.813. The first kappa shape index (κ1) is 12.3.